The molecule has 0 heterocycles. The number of rotatable bonds is 7. The van der Waals surface area contributed by atoms with Gasteiger partial charge in [-0.25, -0.2) is 0 Å². The van der Waals surface area contributed by atoms with Crippen molar-refractivity contribution < 1.29 is 14.5 Å². The van der Waals surface area contributed by atoms with E-state index in [4.69, 9.17) is 4.74 Å². The average Bonchev–Trinajstić information content (AvgIpc) is 2.77. The third-order valence-electron chi connectivity index (χ3n) is 5.05. The van der Waals surface area contributed by atoms with Gasteiger partial charge in [-0.15, -0.1) is 0 Å². The normalized spacial score (nSPS) is 14.6. The summed E-state index contributed by atoms with van der Waals surface area (Å²) >= 11 is 0. The van der Waals surface area contributed by atoms with E-state index in [0.29, 0.717) is 5.75 Å². The van der Waals surface area contributed by atoms with Crippen molar-refractivity contribution in [3.8, 4) is 11.8 Å². The lowest BCUT2D eigenvalue weighted by Crippen LogP contribution is -2.36. The van der Waals surface area contributed by atoms with Crippen LogP contribution in [0.3, 0.4) is 0 Å². The quantitative estimate of drug-likeness (QED) is 0.315. The van der Waals surface area contributed by atoms with E-state index in [1.807, 2.05) is 6.07 Å². The van der Waals surface area contributed by atoms with Gasteiger partial charge >= 0.3 is 0 Å². The van der Waals surface area contributed by atoms with Crippen molar-refractivity contribution in [1.82, 2.24) is 5.32 Å². The Morgan fingerprint density at radius 3 is 2.40 bits per heavy atom. The van der Waals surface area contributed by atoms with Gasteiger partial charge in [-0.2, -0.15) is 5.26 Å². The molecule has 1 aliphatic rings. The van der Waals surface area contributed by atoms with Gasteiger partial charge in [0.1, 0.15) is 24.0 Å². The monoisotopic (exact) mass is 405 g/mol. The first-order valence-electron chi connectivity index (χ1n) is 9.94. The van der Waals surface area contributed by atoms with E-state index >= 15 is 0 Å². The lowest BCUT2D eigenvalue weighted by atomic mass is 9.95. The molecule has 0 spiro atoms. The largest absolute Gasteiger partial charge is 0.489 e. The minimum atomic E-state index is -0.443. The standard InChI is InChI=1S/C23H23N3O4/c24-15-19(23(27)25-20-4-2-1-3-5-20)14-17-8-12-22(13-9-17)30-16-18-6-10-21(11-7-18)26(28)29/h6-14,20H,1-5,16H2,(H,25,27). The van der Waals surface area contributed by atoms with Crippen molar-refractivity contribution in [2.45, 2.75) is 44.8 Å². The Morgan fingerprint density at radius 2 is 1.80 bits per heavy atom. The van der Waals surface area contributed by atoms with Crippen LogP contribution in [0.2, 0.25) is 0 Å². The molecule has 0 radical (unpaired) electrons. The molecule has 1 amide bonds. The summed E-state index contributed by atoms with van der Waals surface area (Å²) in [6.45, 7) is 0.278. The molecule has 1 N–H and O–H groups in total. The second-order valence-electron chi connectivity index (χ2n) is 7.26. The minimum absolute atomic E-state index is 0.0377. The highest BCUT2D eigenvalue weighted by atomic mass is 16.6. The summed E-state index contributed by atoms with van der Waals surface area (Å²) in [7, 11) is 0. The van der Waals surface area contributed by atoms with Gasteiger partial charge in [0, 0.05) is 18.2 Å². The van der Waals surface area contributed by atoms with Gasteiger partial charge in [-0.1, -0.05) is 31.4 Å². The molecule has 7 nitrogen and oxygen atoms in total. The molecule has 1 saturated carbocycles. The third-order valence-corrected chi connectivity index (χ3v) is 5.05. The van der Waals surface area contributed by atoms with E-state index < -0.39 is 4.92 Å². The van der Waals surface area contributed by atoms with E-state index in [0.717, 1.165) is 36.8 Å². The van der Waals surface area contributed by atoms with Crippen molar-refractivity contribution in [3.63, 3.8) is 0 Å². The number of hydrogen-bond donors (Lipinski definition) is 1. The van der Waals surface area contributed by atoms with Crippen molar-refractivity contribution in [2.75, 3.05) is 0 Å². The van der Waals surface area contributed by atoms with Gasteiger partial charge < -0.3 is 10.1 Å². The fraction of sp³-hybridized carbons (Fsp3) is 0.304. The Hall–Kier alpha value is -3.66. The molecular weight excluding hydrogens is 382 g/mol. The lowest BCUT2D eigenvalue weighted by molar-refractivity contribution is -0.384. The maximum Gasteiger partial charge on any atom is 0.269 e. The first kappa shape index (κ1) is 21.1. The molecule has 0 bridgehead atoms. The highest BCUT2D eigenvalue weighted by molar-refractivity contribution is 6.01. The van der Waals surface area contributed by atoms with Crippen LogP contribution in [0.5, 0.6) is 5.75 Å². The molecule has 7 heteroatoms. The molecule has 0 atom stereocenters. The van der Waals surface area contributed by atoms with Crippen LogP contribution in [0, 0.1) is 21.4 Å². The summed E-state index contributed by atoms with van der Waals surface area (Å²) in [6.07, 6.45) is 6.91. The number of nitro groups is 1. The number of hydrogen-bond acceptors (Lipinski definition) is 5. The maximum atomic E-state index is 12.4. The van der Waals surface area contributed by atoms with Crippen molar-refractivity contribution >= 4 is 17.7 Å². The fourth-order valence-corrected chi connectivity index (χ4v) is 3.37. The Labute approximate surface area is 175 Å². The van der Waals surface area contributed by atoms with Gasteiger partial charge in [0.15, 0.2) is 0 Å². The number of nitrogens with one attached hydrogen (secondary N) is 1. The van der Waals surface area contributed by atoms with E-state index in [1.54, 1.807) is 42.5 Å². The predicted octanol–water partition coefficient (Wildman–Crippen LogP) is 4.53. The minimum Gasteiger partial charge on any atom is -0.489 e. The Morgan fingerprint density at radius 1 is 1.13 bits per heavy atom. The second kappa shape index (κ2) is 10.2. The van der Waals surface area contributed by atoms with Crippen LogP contribution in [0.15, 0.2) is 54.1 Å². The molecule has 1 fully saturated rings. The van der Waals surface area contributed by atoms with Crippen molar-refractivity contribution in [2.24, 2.45) is 0 Å². The molecule has 3 rings (SSSR count). The molecule has 154 valence electrons. The summed E-state index contributed by atoms with van der Waals surface area (Å²) in [5, 5.41) is 23.0. The van der Waals surface area contributed by atoms with Crippen molar-refractivity contribution in [1.29, 1.82) is 5.26 Å². The maximum absolute atomic E-state index is 12.4. The molecule has 0 saturated heterocycles. The van der Waals surface area contributed by atoms with Crippen LogP contribution in [-0.2, 0) is 11.4 Å². The lowest BCUT2D eigenvalue weighted by Gasteiger charge is -2.22. The Kier molecular flexibility index (Phi) is 7.17. The van der Waals surface area contributed by atoms with Crippen LogP contribution in [-0.4, -0.2) is 16.9 Å². The topological polar surface area (TPSA) is 105 Å². The molecule has 30 heavy (non-hydrogen) atoms. The summed E-state index contributed by atoms with van der Waals surface area (Å²) in [4.78, 5) is 22.6. The zero-order valence-corrected chi connectivity index (χ0v) is 16.5. The highest BCUT2D eigenvalue weighted by Crippen LogP contribution is 2.19. The molecule has 0 unspecified atom stereocenters. The van der Waals surface area contributed by atoms with Gasteiger partial charge in [0.25, 0.3) is 11.6 Å². The Bertz CT molecular complexity index is 953. The number of amides is 1. The molecule has 1 aliphatic carbocycles. The summed E-state index contributed by atoms with van der Waals surface area (Å²) in [5.41, 5.74) is 1.67. The van der Waals surface area contributed by atoms with Crippen molar-refractivity contribution in [3.05, 3.63) is 75.3 Å². The first-order valence-corrected chi connectivity index (χ1v) is 9.94. The average molecular weight is 405 g/mol. The van der Waals surface area contributed by atoms with Crippen LogP contribution in [0.25, 0.3) is 6.08 Å². The molecule has 0 aromatic heterocycles. The zero-order chi connectivity index (χ0) is 21.3. The van der Waals surface area contributed by atoms with E-state index in [-0.39, 0.29) is 29.8 Å². The zero-order valence-electron chi connectivity index (χ0n) is 16.5. The number of nitro benzene ring substituents is 1. The number of carbonyl (C=O) groups excluding carboxylic acids is 1. The first-order chi connectivity index (χ1) is 14.5. The molecular formula is C23H23N3O4. The smallest absolute Gasteiger partial charge is 0.269 e. The summed E-state index contributed by atoms with van der Waals surface area (Å²) < 4.78 is 5.69. The third kappa shape index (κ3) is 5.92. The number of non-ortho nitro benzene ring substituents is 1. The molecule has 2 aromatic rings. The number of nitriles is 1. The summed E-state index contributed by atoms with van der Waals surface area (Å²) in [5.74, 6) is 0.290. The second-order valence-corrected chi connectivity index (χ2v) is 7.26. The Balaban J connectivity index is 1.57. The fourth-order valence-electron chi connectivity index (χ4n) is 3.37. The van der Waals surface area contributed by atoms with Crippen LogP contribution in [0.1, 0.15) is 43.2 Å². The van der Waals surface area contributed by atoms with E-state index in [2.05, 4.69) is 5.32 Å². The molecule has 2 aromatic carbocycles. The van der Waals surface area contributed by atoms with Crippen LogP contribution >= 0.6 is 0 Å². The highest BCUT2D eigenvalue weighted by Gasteiger charge is 2.18. The van der Waals surface area contributed by atoms with Gasteiger partial charge in [0.2, 0.25) is 0 Å². The van der Waals surface area contributed by atoms with Crippen LogP contribution in [0.4, 0.5) is 5.69 Å². The van der Waals surface area contributed by atoms with Gasteiger partial charge in [-0.3, -0.25) is 14.9 Å². The molecule has 0 aliphatic heterocycles. The van der Waals surface area contributed by atoms with E-state index in [9.17, 15) is 20.2 Å². The SMILES string of the molecule is N#CC(=Cc1ccc(OCc2ccc([N+](=O)[O-])cc2)cc1)C(=O)NC1CCCCC1. The summed E-state index contributed by atoms with van der Waals surface area (Å²) in [6, 6.07) is 15.4. The predicted molar refractivity (Wildman–Crippen MR) is 112 cm³/mol. The van der Waals surface area contributed by atoms with Gasteiger partial charge in [-0.05, 0) is 54.3 Å². The number of nitrogens with zero attached hydrogens (tertiary/aromatic N) is 2. The van der Waals surface area contributed by atoms with Gasteiger partial charge in [0.05, 0.1) is 4.92 Å². The van der Waals surface area contributed by atoms with Crippen LogP contribution < -0.4 is 10.1 Å². The number of carbonyl (C=O) groups is 1. The van der Waals surface area contributed by atoms with E-state index in [1.165, 1.54) is 18.6 Å². The number of ether oxygens (including phenoxy) is 1. The number of benzene rings is 2.